The van der Waals surface area contributed by atoms with Crippen LogP contribution in [0.15, 0.2) is 6.20 Å². The number of H-pyrrole nitrogens is 1. The lowest BCUT2D eigenvalue weighted by atomic mass is 9.98. The lowest BCUT2D eigenvalue weighted by molar-refractivity contribution is -0.138. The molecule has 0 aliphatic carbocycles. The largest absolute Gasteiger partial charge is 0.444 e. The van der Waals surface area contributed by atoms with Crippen molar-refractivity contribution in [3.8, 4) is 0 Å². The monoisotopic (exact) mass is 334 g/mol. The second-order valence-corrected chi connectivity index (χ2v) is 7.52. The second-order valence-electron chi connectivity index (χ2n) is 7.52. The first-order valence-electron chi connectivity index (χ1n) is 8.67. The van der Waals surface area contributed by atoms with Gasteiger partial charge in [0, 0.05) is 19.6 Å². The van der Waals surface area contributed by atoms with E-state index in [9.17, 15) is 9.59 Å². The number of hydrogen-bond donors (Lipinski definition) is 1. The Morgan fingerprint density at radius 3 is 2.58 bits per heavy atom. The van der Waals surface area contributed by atoms with Crippen LogP contribution in [0.25, 0.3) is 0 Å². The predicted octanol–water partition coefficient (Wildman–Crippen LogP) is 2.26. The van der Waals surface area contributed by atoms with E-state index in [1.54, 1.807) is 11.1 Å². The molecule has 2 aliphatic heterocycles. The van der Waals surface area contributed by atoms with Crippen LogP contribution in [-0.4, -0.2) is 57.2 Å². The predicted molar refractivity (Wildman–Crippen MR) is 88.4 cm³/mol. The Bertz CT molecular complexity index is 614. The van der Waals surface area contributed by atoms with Crippen molar-refractivity contribution >= 4 is 12.0 Å². The molecule has 2 aliphatic rings. The fourth-order valence-corrected chi connectivity index (χ4v) is 3.34. The smallest absolute Gasteiger partial charge is 0.411 e. The van der Waals surface area contributed by atoms with E-state index in [0.29, 0.717) is 13.0 Å². The molecule has 1 aromatic heterocycles. The van der Waals surface area contributed by atoms with Crippen LogP contribution in [0, 0.1) is 0 Å². The summed E-state index contributed by atoms with van der Waals surface area (Å²) in [5, 5.41) is 7.00. The van der Waals surface area contributed by atoms with Gasteiger partial charge in [-0.25, -0.2) is 4.79 Å². The van der Waals surface area contributed by atoms with Crippen molar-refractivity contribution in [2.45, 2.75) is 58.1 Å². The molecule has 0 bridgehead atoms. The summed E-state index contributed by atoms with van der Waals surface area (Å²) in [6.45, 7) is 7.46. The van der Waals surface area contributed by atoms with Gasteiger partial charge in [0.1, 0.15) is 5.60 Å². The molecule has 3 rings (SSSR count). The van der Waals surface area contributed by atoms with Crippen LogP contribution in [0.2, 0.25) is 0 Å². The molecular weight excluding hydrogens is 308 g/mol. The van der Waals surface area contributed by atoms with Crippen molar-refractivity contribution in [2.75, 3.05) is 19.6 Å². The summed E-state index contributed by atoms with van der Waals surface area (Å²) in [5.74, 6) is -0.0363. The first-order chi connectivity index (χ1) is 11.4. The summed E-state index contributed by atoms with van der Waals surface area (Å²) in [4.78, 5) is 29.2. The molecule has 1 N–H and O–H groups in total. The Hall–Kier alpha value is -2.05. The maximum atomic E-state index is 13.1. The number of piperidine rings is 1. The van der Waals surface area contributed by atoms with E-state index < -0.39 is 17.7 Å². The molecule has 1 unspecified atom stereocenters. The highest BCUT2D eigenvalue weighted by molar-refractivity contribution is 5.87. The van der Waals surface area contributed by atoms with Gasteiger partial charge in [-0.1, -0.05) is 0 Å². The minimum Gasteiger partial charge on any atom is -0.444 e. The second kappa shape index (κ2) is 6.45. The fourth-order valence-electron chi connectivity index (χ4n) is 3.34. The summed E-state index contributed by atoms with van der Waals surface area (Å²) in [6, 6.07) is -0.663. The van der Waals surface area contributed by atoms with E-state index in [-0.39, 0.29) is 5.91 Å². The van der Waals surface area contributed by atoms with Crippen LogP contribution in [-0.2, 0) is 16.0 Å². The van der Waals surface area contributed by atoms with Crippen LogP contribution in [0.5, 0.6) is 0 Å². The van der Waals surface area contributed by atoms with Gasteiger partial charge >= 0.3 is 6.09 Å². The van der Waals surface area contributed by atoms with Gasteiger partial charge in [-0.2, -0.15) is 5.10 Å². The molecule has 0 radical (unpaired) electrons. The minimum atomic E-state index is -0.663. The molecule has 7 nitrogen and oxygen atoms in total. The lowest BCUT2D eigenvalue weighted by Gasteiger charge is -2.38. The van der Waals surface area contributed by atoms with Crippen molar-refractivity contribution in [2.24, 2.45) is 0 Å². The number of aromatic nitrogens is 2. The Morgan fingerprint density at radius 2 is 1.92 bits per heavy atom. The van der Waals surface area contributed by atoms with E-state index in [4.69, 9.17) is 4.74 Å². The van der Waals surface area contributed by atoms with Gasteiger partial charge < -0.3 is 9.64 Å². The number of fused-ring (bicyclic) bond motifs is 1. The highest BCUT2D eigenvalue weighted by Crippen LogP contribution is 2.31. The average Bonchev–Trinajstić information content (AvgIpc) is 3.01. The number of carbonyl (C=O) groups excluding carboxylic acids is 2. The number of nitrogens with zero attached hydrogens (tertiary/aromatic N) is 3. The molecule has 1 saturated heterocycles. The third-order valence-corrected chi connectivity index (χ3v) is 4.49. The highest BCUT2D eigenvalue weighted by Gasteiger charge is 2.41. The van der Waals surface area contributed by atoms with Crippen molar-refractivity contribution in [1.29, 1.82) is 0 Å². The van der Waals surface area contributed by atoms with Gasteiger partial charge in [-0.05, 0) is 52.0 Å². The number of carbonyl (C=O) groups is 2. The molecule has 0 spiro atoms. The summed E-state index contributed by atoms with van der Waals surface area (Å²) in [6.07, 6.45) is 5.16. The molecule has 7 heteroatoms. The van der Waals surface area contributed by atoms with E-state index >= 15 is 0 Å². The number of hydrogen-bond acceptors (Lipinski definition) is 4. The summed E-state index contributed by atoms with van der Waals surface area (Å²) in [7, 11) is 0. The number of ether oxygens (including phenoxy) is 1. The van der Waals surface area contributed by atoms with Crippen LogP contribution in [0.3, 0.4) is 0 Å². The van der Waals surface area contributed by atoms with Gasteiger partial charge in [0.05, 0.1) is 11.9 Å². The normalized spacial score (nSPS) is 21.4. The third-order valence-electron chi connectivity index (χ3n) is 4.49. The van der Waals surface area contributed by atoms with E-state index in [2.05, 4.69) is 10.2 Å². The van der Waals surface area contributed by atoms with Gasteiger partial charge in [0.15, 0.2) is 6.04 Å². The van der Waals surface area contributed by atoms with Gasteiger partial charge in [-0.15, -0.1) is 0 Å². The first-order valence-corrected chi connectivity index (χ1v) is 8.67. The number of amides is 2. The van der Waals surface area contributed by atoms with E-state index in [1.807, 2.05) is 25.7 Å². The Morgan fingerprint density at radius 1 is 1.21 bits per heavy atom. The zero-order valence-corrected chi connectivity index (χ0v) is 14.7. The van der Waals surface area contributed by atoms with Gasteiger partial charge in [0.25, 0.3) is 5.91 Å². The molecule has 1 atom stereocenters. The highest BCUT2D eigenvalue weighted by atomic mass is 16.6. The Labute approximate surface area is 142 Å². The molecule has 132 valence electrons. The van der Waals surface area contributed by atoms with Crippen molar-refractivity contribution in [3.05, 3.63) is 17.5 Å². The molecule has 0 aromatic carbocycles. The zero-order chi connectivity index (χ0) is 17.3. The molecule has 2 amide bonds. The Balaban J connectivity index is 1.87. The molecular formula is C17H26N4O3. The molecule has 1 fully saturated rings. The van der Waals surface area contributed by atoms with Crippen molar-refractivity contribution in [3.63, 3.8) is 0 Å². The Kier molecular flexibility index (Phi) is 4.51. The molecule has 0 saturated carbocycles. The maximum Gasteiger partial charge on any atom is 0.411 e. The lowest BCUT2D eigenvalue weighted by Crippen LogP contribution is -2.50. The molecule has 1 aromatic rings. The van der Waals surface area contributed by atoms with E-state index in [1.165, 1.54) is 0 Å². The van der Waals surface area contributed by atoms with Crippen LogP contribution >= 0.6 is 0 Å². The third kappa shape index (κ3) is 3.39. The van der Waals surface area contributed by atoms with Crippen molar-refractivity contribution < 1.29 is 14.3 Å². The van der Waals surface area contributed by atoms with Crippen LogP contribution < -0.4 is 0 Å². The van der Waals surface area contributed by atoms with Gasteiger partial charge in [0.2, 0.25) is 0 Å². The van der Waals surface area contributed by atoms with Crippen LogP contribution in [0.4, 0.5) is 4.79 Å². The van der Waals surface area contributed by atoms with Crippen molar-refractivity contribution in [1.82, 2.24) is 20.0 Å². The topological polar surface area (TPSA) is 78.5 Å². The van der Waals surface area contributed by atoms with Gasteiger partial charge in [-0.3, -0.25) is 14.8 Å². The number of rotatable bonds is 1. The number of likely N-dealkylation sites (tertiary alicyclic amines) is 1. The first kappa shape index (κ1) is 16.8. The fraction of sp³-hybridized carbons (Fsp3) is 0.706. The minimum absolute atomic E-state index is 0.0363. The summed E-state index contributed by atoms with van der Waals surface area (Å²) in [5.41, 5.74) is 1.14. The molecule has 24 heavy (non-hydrogen) atoms. The zero-order valence-electron chi connectivity index (χ0n) is 14.7. The standard InChI is InChI=1S/C17H26N4O3/c1-17(2,3)24-16(23)21-10-7-12-11-18-19-13(12)14(21)15(22)20-8-5-4-6-9-20/h11,14H,4-10H2,1-3H3,(H,18,19). The van der Waals surface area contributed by atoms with E-state index in [0.717, 1.165) is 43.6 Å². The summed E-state index contributed by atoms with van der Waals surface area (Å²) >= 11 is 0. The SMILES string of the molecule is CC(C)(C)OC(=O)N1CCc2cn[nH]c2C1C(=O)N1CCCCC1. The quantitative estimate of drug-likeness (QED) is 0.854. The molecule has 3 heterocycles. The maximum absolute atomic E-state index is 13.1. The number of aromatic amines is 1. The van der Waals surface area contributed by atoms with Crippen LogP contribution in [0.1, 0.15) is 57.3 Å². The summed E-state index contributed by atoms with van der Waals surface area (Å²) < 4.78 is 5.52. The number of nitrogens with one attached hydrogen (secondary N) is 1. The average molecular weight is 334 g/mol.